The van der Waals surface area contributed by atoms with Gasteiger partial charge in [0.2, 0.25) is 10.0 Å². The molecular weight excluding hydrogens is 386 g/mol. The van der Waals surface area contributed by atoms with Crippen molar-refractivity contribution in [2.45, 2.75) is 43.9 Å². The highest BCUT2D eigenvalue weighted by Gasteiger charge is 2.28. The third-order valence-corrected chi connectivity index (χ3v) is 7.80. The maximum absolute atomic E-state index is 12.9. The number of benzene rings is 1. The standard InChI is InChI=1S/C19H28ClN3O3S/c1-15-6-5-9-22(13-15)14-19(24)21-16-7-8-17(20)18(12-16)27(25,26)23-10-3-2-4-11-23/h7-8,12,15H,2-6,9-11,13-14H2,1H3,(H,21,24)/p+1/t15-/m1/s1. The van der Waals surface area contributed by atoms with Crippen molar-refractivity contribution in [2.24, 2.45) is 5.92 Å². The van der Waals surface area contributed by atoms with E-state index in [1.165, 1.54) is 21.7 Å². The molecule has 1 unspecified atom stereocenters. The monoisotopic (exact) mass is 414 g/mol. The van der Waals surface area contributed by atoms with Crippen LogP contribution < -0.4 is 10.2 Å². The number of sulfonamides is 1. The fraction of sp³-hybridized carbons (Fsp3) is 0.632. The van der Waals surface area contributed by atoms with Crippen LogP contribution in [0.4, 0.5) is 5.69 Å². The number of piperidine rings is 2. The van der Waals surface area contributed by atoms with Crippen molar-refractivity contribution < 1.29 is 18.1 Å². The SMILES string of the molecule is C[C@@H]1CCC[NH+](CC(=O)Nc2ccc(Cl)c(S(=O)(=O)N3CCCCC3)c2)C1. The van der Waals surface area contributed by atoms with Crippen LogP contribution in [0.15, 0.2) is 23.1 Å². The van der Waals surface area contributed by atoms with Crippen LogP contribution in [-0.2, 0) is 14.8 Å². The van der Waals surface area contributed by atoms with E-state index in [4.69, 9.17) is 11.6 Å². The molecule has 2 saturated heterocycles. The summed E-state index contributed by atoms with van der Waals surface area (Å²) < 4.78 is 27.3. The molecular formula is C19H29ClN3O3S+. The van der Waals surface area contributed by atoms with E-state index in [-0.39, 0.29) is 15.8 Å². The van der Waals surface area contributed by atoms with Gasteiger partial charge < -0.3 is 10.2 Å². The van der Waals surface area contributed by atoms with Crippen LogP contribution in [0.5, 0.6) is 0 Å². The molecule has 1 amide bonds. The second kappa shape index (κ2) is 8.90. The van der Waals surface area contributed by atoms with Gasteiger partial charge in [0.05, 0.1) is 18.1 Å². The maximum atomic E-state index is 12.9. The van der Waals surface area contributed by atoms with Crippen molar-refractivity contribution in [3.63, 3.8) is 0 Å². The molecule has 2 atom stereocenters. The molecule has 1 aromatic rings. The van der Waals surface area contributed by atoms with E-state index in [1.807, 2.05) is 0 Å². The Labute approximate surface area is 166 Å². The lowest BCUT2D eigenvalue weighted by atomic mass is 10.0. The van der Waals surface area contributed by atoms with Gasteiger partial charge in [0.1, 0.15) is 4.90 Å². The normalized spacial score (nSPS) is 24.5. The van der Waals surface area contributed by atoms with E-state index in [1.54, 1.807) is 12.1 Å². The van der Waals surface area contributed by atoms with Gasteiger partial charge >= 0.3 is 0 Å². The summed E-state index contributed by atoms with van der Waals surface area (Å²) >= 11 is 6.19. The number of nitrogens with zero attached hydrogens (tertiary/aromatic N) is 1. The molecule has 1 aromatic carbocycles. The highest BCUT2D eigenvalue weighted by atomic mass is 35.5. The van der Waals surface area contributed by atoms with Gasteiger partial charge in [-0.3, -0.25) is 4.79 Å². The largest absolute Gasteiger partial charge is 0.327 e. The Bertz CT molecular complexity index is 778. The molecule has 0 radical (unpaired) electrons. The van der Waals surface area contributed by atoms with Gasteiger partial charge in [-0.1, -0.05) is 24.9 Å². The Morgan fingerprint density at radius 3 is 2.70 bits per heavy atom. The molecule has 6 nitrogen and oxygen atoms in total. The summed E-state index contributed by atoms with van der Waals surface area (Å²) in [6.45, 7) is 5.67. The number of carbonyl (C=O) groups is 1. The predicted molar refractivity (Wildman–Crippen MR) is 107 cm³/mol. The fourth-order valence-electron chi connectivity index (χ4n) is 4.01. The molecule has 27 heavy (non-hydrogen) atoms. The number of rotatable bonds is 5. The lowest BCUT2D eigenvalue weighted by Crippen LogP contribution is -3.14. The van der Waals surface area contributed by atoms with Crippen LogP contribution in [0.1, 0.15) is 39.0 Å². The summed E-state index contributed by atoms with van der Waals surface area (Å²) in [5, 5.41) is 3.03. The molecule has 0 saturated carbocycles. The number of halogens is 1. The zero-order valence-electron chi connectivity index (χ0n) is 15.8. The molecule has 8 heteroatoms. The summed E-state index contributed by atoms with van der Waals surface area (Å²) in [7, 11) is -3.64. The number of hydrogen-bond acceptors (Lipinski definition) is 3. The van der Waals surface area contributed by atoms with Crippen LogP contribution in [0.2, 0.25) is 5.02 Å². The van der Waals surface area contributed by atoms with Gasteiger partial charge in [-0.15, -0.1) is 0 Å². The molecule has 3 rings (SSSR count). The molecule has 150 valence electrons. The lowest BCUT2D eigenvalue weighted by molar-refractivity contribution is -0.900. The number of anilines is 1. The van der Waals surface area contributed by atoms with E-state index in [0.29, 0.717) is 31.2 Å². The number of nitrogens with one attached hydrogen (secondary N) is 2. The van der Waals surface area contributed by atoms with Crippen LogP contribution in [0, 0.1) is 5.92 Å². The van der Waals surface area contributed by atoms with Crippen LogP contribution in [0.25, 0.3) is 0 Å². The molecule has 2 N–H and O–H groups in total. The third kappa shape index (κ3) is 5.22. The number of carbonyl (C=O) groups excluding carboxylic acids is 1. The minimum absolute atomic E-state index is 0.0720. The Morgan fingerprint density at radius 1 is 1.26 bits per heavy atom. The summed E-state index contributed by atoms with van der Waals surface area (Å²) in [5.74, 6) is 0.543. The summed E-state index contributed by atoms with van der Waals surface area (Å²) in [5.41, 5.74) is 0.476. The molecule has 2 fully saturated rings. The Balaban J connectivity index is 1.70. The molecule has 2 heterocycles. The Kier molecular flexibility index (Phi) is 6.78. The first-order valence-corrected chi connectivity index (χ1v) is 11.6. The van der Waals surface area contributed by atoms with Gasteiger partial charge in [-0.2, -0.15) is 4.31 Å². The first-order valence-electron chi connectivity index (χ1n) is 9.79. The van der Waals surface area contributed by atoms with Crippen LogP contribution in [-0.4, -0.2) is 51.4 Å². The fourth-order valence-corrected chi connectivity index (χ4v) is 6.03. The van der Waals surface area contributed by atoms with E-state index in [0.717, 1.165) is 38.8 Å². The first-order chi connectivity index (χ1) is 12.9. The third-order valence-electron chi connectivity index (χ3n) is 5.42. The molecule has 2 aliphatic heterocycles. The minimum atomic E-state index is -3.64. The highest BCUT2D eigenvalue weighted by Crippen LogP contribution is 2.29. The second-order valence-corrected chi connectivity index (χ2v) is 10.1. The van der Waals surface area contributed by atoms with E-state index >= 15 is 0 Å². The van der Waals surface area contributed by atoms with Gasteiger partial charge in [0.15, 0.2) is 6.54 Å². The number of amides is 1. The maximum Gasteiger partial charge on any atom is 0.279 e. The van der Waals surface area contributed by atoms with E-state index in [2.05, 4.69) is 12.2 Å². The van der Waals surface area contributed by atoms with Crippen molar-refractivity contribution >= 4 is 33.2 Å². The van der Waals surface area contributed by atoms with Gasteiger partial charge in [-0.25, -0.2) is 8.42 Å². The number of hydrogen-bond donors (Lipinski definition) is 2. The van der Waals surface area contributed by atoms with Gasteiger partial charge in [0, 0.05) is 24.7 Å². The average molecular weight is 415 g/mol. The highest BCUT2D eigenvalue weighted by molar-refractivity contribution is 7.89. The van der Waals surface area contributed by atoms with E-state index in [9.17, 15) is 13.2 Å². The molecule has 0 aliphatic carbocycles. The van der Waals surface area contributed by atoms with Crippen molar-refractivity contribution in [1.29, 1.82) is 0 Å². The number of quaternary nitrogens is 1. The molecule has 2 aliphatic rings. The summed E-state index contributed by atoms with van der Waals surface area (Å²) in [6.07, 6.45) is 5.14. The minimum Gasteiger partial charge on any atom is -0.327 e. The van der Waals surface area contributed by atoms with E-state index < -0.39 is 10.0 Å². The summed E-state index contributed by atoms with van der Waals surface area (Å²) in [6, 6.07) is 4.69. The van der Waals surface area contributed by atoms with Crippen molar-refractivity contribution in [2.75, 3.05) is 38.0 Å². The zero-order chi connectivity index (χ0) is 19.4. The van der Waals surface area contributed by atoms with Crippen molar-refractivity contribution in [1.82, 2.24) is 4.31 Å². The second-order valence-electron chi connectivity index (χ2n) is 7.79. The topological polar surface area (TPSA) is 70.9 Å². The Hall–Kier alpha value is -1.15. The van der Waals surface area contributed by atoms with Crippen LogP contribution in [0.3, 0.4) is 0 Å². The zero-order valence-corrected chi connectivity index (χ0v) is 17.4. The molecule has 0 spiro atoms. The Morgan fingerprint density at radius 2 is 2.00 bits per heavy atom. The van der Waals surface area contributed by atoms with Crippen molar-refractivity contribution in [3.05, 3.63) is 23.2 Å². The van der Waals surface area contributed by atoms with Gasteiger partial charge in [0.25, 0.3) is 5.91 Å². The average Bonchev–Trinajstić information content (AvgIpc) is 2.64. The summed E-state index contributed by atoms with van der Waals surface area (Å²) in [4.78, 5) is 13.8. The molecule has 0 aromatic heterocycles. The predicted octanol–water partition coefficient (Wildman–Crippen LogP) is 1.77. The van der Waals surface area contributed by atoms with Crippen LogP contribution >= 0.6 is 11.6 Å². The number of likely N-dealkylation sites (tertiary alicyclic amines) is 1. The first kappa shape index (κ1) is 20.6. The lowest BCUT2D eigenvalue weighted by Gasteiger charge is -2.27. The smallest absolute Gasteiger partial charge is 0.279 e. The molecule has 0 bridgehead atoms. The quantitative estimate of drug-likeness (QED) is 0.771. The van der Waals surface area contributed by atoms with Gasteiger partial charge in [-0.05, 0) is 43.9 Å². The van der Waals surface area contributed by atoms with Crippen molar-refractivity contribution in [3.8, 4) is 0 Å².